The summed E-state index contributed by atoms with van der Waals surface area (Å²) in [6.45, 7) is 6.90. The van der Waals surface area contributed by atoms with Gasteiger partial charge in [-0.2, -0.15) is 0 Å². The summed E-state index contributed by atoms with van der Waals surface area (Å²) in [5.41, 5.74) is 3.04. The summed E-state index contributed by atoms with van der Waals surface area (Å²) in [4.78, 5) is 15.2. The second-order valence-electron chi connectivity index (χ2n) is 8.40. The van der Waals surface area contributed by atoms with Crippen LogP contribution in [0.2, 0.25) is 5.02 Å². The maximum absolute atomic E-state index is 13.2. The normalized spacial score (nSPS) is 16.5. The number of hydrogen-bond acceptors (Lipinski definition) is 3. The molecule has 0 saturated carbocycles. The van der Waals surface area contributed by atoms with Crippen LogP contribution in [0.5, 0.6) is 11.5 Å². The average molecular weight is 402 g/mol. The van der Waals surface area contributed by atoms with Crippen molar-refractivity contribution in [2.75, 3.05) is 20.8 Å². The first-order valence-corrected chi connectivity index (χ1v) is 9.91. The summed E-state index contributed by atoms with van der Waals surface area (Å²) >= 11 is 6.57. The maximum atomic E-state index is 13.2. The summed E-state index contributed by atoms with van der Waals surface area (Å²) in [6, 6.07) is 11.5. The third-order valence-corrected chi connectivity index (χ3v) is 5.42. The molecule has 0 spiro atoms. The van der Waals surface area contributed by atoms with Crippen molar-refractivity contribution < 1.29 is 14.3 Å². The van der Waals surface area contributed by atoms with Crippen LogP contribution in [0.1, 0.15) is 49.9 Å². The Morgan fingerprint density at radius 3 is 2.36 bits per heavy atom. The van der Waals surface area contributed by atoms with Gasteiger partial charge in [-0.05, 0) is 46.7 Å². The van der Waals surface area contributed by atoms with E-state index in [9.17, 15) is 4.79 Å². The second-order valence-corrected chi connectivity index (χ2v) is 8.81. The number of benzene rings is 2. The first-order chi connectivity index (χ1) is 13.2. The van der Waals surface area contributed by atoms with E-state index >= 15 is 0 Å². The average Bonchev–Trinajstić information content (AvgIpc) is 2.65. The topological polar surface area (TPSA) is 38.8 Å². The van der Waals surface area contributed by atoms with Gasteiger partial charge in [-0.1, -0.05) is 50.6 Å². The molecule has 1 amide bonds. The van der Waals surface area contributed by atoms with Crippen molar-refractivity contribution in [1.29, 1.82) is 0 Å². The van der Waals surface area contributed by atoms with Crippen molar-refractivity contribution >= 4 is 17.5 Å². The van der Waals surface area contributed by atoms with E-state index in [1.54, 1.807) is 14.2 Å². The molecular weight excluding hydrogens is 374 g/mol. The third kappa shape index (κ3) is 4.12. The van der Waals surface area contributed by atoms with E-state index in [4.69, 9.17) is 21.1 Å². The molecule has 1 aliphatic rings. The first-order valence-electron chi connectivity index (χ1n) is 9.54. The van der Waals surface area contributed by atoms with Crippen LogP contribution in [0.15, 0.2) is 36.4 Å². The Morgan fingerprint density at radius 2 is 1.75 bits per heavy atom. The zero-order valence-corrected chi connectivity index (χ0v) is 18.0. The smallest absolute Gasteiger partial charge is 0.223 e. The van der Waals surface area contributed by atoms with Crippen LogP contribution in [0.3, 0.4) is 0 Å². The zero-order chi connectivity index (χ0) is 20.5. The molecule has 2 aromatic carbocycles. The van der Waals surface area contributed by atoms with Gasteiger partial charge in [0.1, 0.15) is 0 Å². The molecule has 0 aliphatic carbocycles. The molecule has 0 radical (unpaired) electrons. The van der Waals surface area contributed by atoms with Crippen molar-refractivity contribution in [3.63, 3.8) is 0 Å². The Bertz CT molecular complexity index is 873. The lowest BCUT2D eigenvalue weighted by molar-refractivity contribution is -0.135. The number of methoxy groups -OCH3 is 2. The standard InChI is InChI=1S/C23H28ClNO3/c1-23(2,3)14-21(26)25-11-10-15-12-19(27-4)20(28-5)13-17(15)22(25)16-8-6-7-9-18(16)24/h6-9,12-13,22H,10-11,14H2,1-5H3/t22-/m0/s1. The highest BCUT2D eigenvalue weighted by molar-refractivity contribution is 6.31. The van der Waals surface area contributed by atoms with Crippen LogP contribution in [-0.2, 0) is 11.2 Å². The van der Waals surface area contributed by atoms with Crippen molar-refractivity contribution in [3.05, 3.63) is 58.1 Å². The lowest BCUT2D eigenvalue weighted by Gasteiger charge is -2.39. The number of carbonyl (C=O) groups excluding carboxylic acids is 1. The predicted molar refractivity (Wildman–Crippen MR) is 112 cm³/mol. The fraction of sp³-hybridized carbons (Fsp3) is 0.435. The Labute approximate surface area is 172 Å². The van der Waals surface area contributed by atoms with E-state index in [1.807, 2.05) is 41.3 Å². The largest absolute Gasteiger partial charge is 0.493 e. The Hall–Kier alpha value is -2.20. The summed E-state index contributed by atoms with van der Waals surface area (Å²) in [7, 11) is 3.26. The molecule has 0 aromatic heterocycles. The Balaban J connectivity index is 2.14. The van der Waals surface area contributed by atoms with E-state index in [0.717, 1.165) is 23.1 Å². The zero-order valence-electron chi connectivity index (χ0n) is 17.2. The molecule has 5 heteroatoms. The van der Waals surface area contributed by atoms with Crippen LogP contribution >= 0.6 is 11.6 Å². The van der Waals surface area contributed by atoms with Crippen molar-refractivity contribution in [1.82, 2.24) is 4.90 Å². The van der Waals surface area contributed by atoms with Crippen molar-refractivity contribution in [3.8, 4) is 11.5 Å². The molecule has 0 saturated heterocycles. The molecule has 1 aliphatic heterocycles. The molecule has 1 heterocycles. The maximum Gasteiger partial charge on any atom is 0.223 e. The molecule has 0 bridgehead atoms. The highest BCUT2D eigenvalue weighted by Crippen LogP contribution is 2.43. The monoisotopic (exact) mass is 401 g/mol. The van der Waals surface area contributed by atoms with E-state index in [2.05, 4.69) is 20.8 Å². The third-order valence-electron chi connectivity index (χ3n) is 5.08. The number of rotatable bonds is 4. The number of halogens is 1. The number of hydrogen-bond donors (Lipinski definition) is 0. The highest BCUT2D eigenvalue weighted by atomic mass is 35.5. The van der Waals surface area contributed by atoms with Gasteiger partial charge in [-0.3, -0.25) is 4.79 Å². The Kier molecular flexibility index (Phi) is 5.90. The van der Waals surface area contributed by atoms with E-state index < -0.39 is 0 Å². The minimum Gasteiger partial charge on any atom is -0.493 e. The summed E-state index contributed by atoms with van der Waals surface area (Å²) in [5, 5.41) is 0.656. The van der Waals surface area contributed by atoms with Gasteiger partial charge in [0.15, 0.2) is 11.5 Å². The Morgan fingerprint density at radius 1 is 1.11 bits per heavy atom. The van der Waals surface area contributed by atoms with Gasteiger partial charge >= 0.3 is 0 Å². The van der Waals surface area contributed by atoms with Crippen LogP contribution < -0.4 is 9.47 Å². The number of nitrogens with zero attached hydrogens (tertiary/aromatic N) is 1. The van der Waals surface area contributed by atoms with Gasteiger partial charge in [0.2, 0.25) is 5.91 Å². The fourth-order valence-corrected chi connectivity index (χ4v) is 4.04. The summed E-state index contributed by atoms with van der Waals surface area (Å²) < 4.78 is 11.0. The van der Waals surface area contributed by atoms with Crippen LogP contribution in [0, 0.1) is 5.41 Å². The molecule has 0 N–H and O–H groups in total. The quantitative estimate of drug-likeness (QED) is 0.700. The number of ether oxygens (including phenoxy) is 2. The SMILES string of the molecule is COc1cc2c(cc1OC)[C@H](c1ccccc1Cl)N(C(=O)CC(C)(C)C)CC2. The second kappa shape index (κ2) is 8.04. The van der Waals surface area contributed by atoms with E-state index in [0.29, 0.717) is 29.5 Å². The van der Waals surface area contributed by atoms with Crippen LogP contribution in [0.25, 0.3) is 0 Å². The van der Waals surface area contributed by atoms with Gasteiger partial charge in [0, 0.05) is 18.0 Å². The molecule has 0 fully saturated rings. The molecule has 3 rings (SSSR count). The van der Waals surface area contributed by atoms with Crippen molar-refractivity contribution in [2.24, 2.45) is 5.41 Å². The fourth-order valence-electron chi connectivity index (χ4n) is 3.80. The highest BCUT2D eigenvalue weighted by Gasteiger charge is 2.35. The lowest BCUT2D eigenvalue weighted by atomic mass is 9.85. The number of amides is 1. The summed E-state index contributed by atoms with van der Waals surface area (Å²) in [6.07, 6.45) is 1.25. The van der Waals surface area contributed by atoms with Crippen LogP contribution in [0.4, 0.5) is 0 Å². The van der Waals surface area contributed by atoms with Gasteiger partial charge in [0.25, 0.3) is 0 Å². The van der Waals surface area contributed by atoms with Gasteiger partial charge in [0.05, 0.1) is 20.3 Å². The van der Waals surface area contributed by atoms with Gasteiger partial charge in [-0.25, -0.2) is 0 Å². The molecule has 0 unspecified atom stereocenters. The first kappa shape index (κ1) is 20.5. The van der Waals surface area contributed by atoms with Crippen molar-refractivity contribution in [2.45, 2.75) is 39.7 Å². The molecule has 2 aromatic rings. The molecular formula is C23H28ClNO3. The summed E-state index contributed by atoms with van der Waals surface area (Å²) in [5.74, 6) is 1.50. The van der Waals surface area contributed by atoms with E-state index in [-0.39, 0.29) is 17.4 Å². The number of fused-ring (bicyclic) bond motifs is 1. The predicted octanol–water partition coefficient (Wildman–Crippen LogP) is 5.27. The number of carbonyl (C=O) groups is 1. The van der Waals surface area contributed by atoms with Gasteiger partial charge in [-0.15, -0.1) is 0 Å². The van der Waals surface area contributed by atoms with Gasteiger partial charge < -0.3 is 14.4 Å². The molecule has 1 atom stereocenters. The molecule has 150 valence electrons. The van der Waals surface area contributed by atoms with E-state index in [1.165, 1.54) is 0 Å². The minimum atomic E-state index is -0.243. The lowest BCUT2D eigenvalue weighted by Crippen LogP contribution is -2.42. The minimum absolute atomic E-state index is 0.0833. The van der Waals surface area contributed by atoms with Crippen LogP contribution in [-0.4, -0.2) is 31.6 Å². The molecule has 28 heavy (non-hydrogen) atoms. The molecule has 4 nitrogen and oxygen atoms in total.